The van der Waals surface area contributed by atoms with Crippen LogP contribution in [0.1, 0.15) is 10.4 Å². The lowest BCUT2D eigenvalue weighted by molar-refractivity contribution is -0.422. The molecule has 0 saturated carbocycles. The number of quaternary nitrogens is 1. The molecule has 96 valence electrons. The zero-order valence-corrected chi connectivity index (χ0v) is 10.6. The summed E-state index contributed by atoms with van der Waals surface area (Å²) in [5, 5.41) is 0. The summed E-state index contributed by atoms with van der Waals surface area (Å²) in [6.45, 7) is 0. The van der Waals surface area contributed by atoms with Crippen LogP contribution in [-0.2, 0) is 0 Å². The number of amides is 1. The molecule has 0 radical (unpaired) electrons. The second kappa shape index (κ2) is 6.82. The van der Waals surface area contributed by atoms with Gasteiger partial charge in [0.05, 0.1) is 26.9 Å². The Bertz CT molecular complexity index is 373. The van der Waals surface area contributed by atoms with Crippen LogP contribution in [0.15, 0.2) is 12.1 Å². The van der Waals surface area contributed by atoms with Crippen molar-refractivity contribution < 1.29 is 37.3 Å². The molecule has 17 heavy (non-hydrogen) atoms. The summed E-state index contributed by atoms with van der Waals surface area (Å²) < 4.78 is 15.3. The van der Waals surface area contributed by atoms with Gasteiger partial charge < -0.3 is 26.6 Å². The van der Waals surface area contributed by atoms with E-state index in [1.165, 1.54) is 21.3 Å². The lowest BCUT2D eigenvalue weighted by atomic mass is 10.1. The van der Waals surface area contributed by atoms with Crippen LogP contribution in [0.2, 0.25) is 0 Å². The van der Waals surface area contributed by atoms with Crippen LogP contribution in [0.5, 0.6) is 17.2 Å². The van der Waals surface area contributed by atoms with Crippen molar-refractivity contribution in [2.45, 2.75) is 0 Å². The second-order valence-corrected chi connectivity index (χ2v) is 2.92. The number of methoxy groups -OCH3 is 3. The molecule has 7 heteroatoms. The molecule has 1 rings (SSSR count). The highest BCUT2D eigenvalue weighted by molar-refractivity contribution is 5.94. The standard InChI is InChI=1S/C10H14N2O4.ClH/c1-14-7-4-6(10(13)12-11)5-8(15-2)9(7)16-3;/h4-5H,11H2,1-3H3,(H,12,13);1H. The average Bonchev–Trinajstić information content (AvgIpc) is 2.35. The Kier molecular flexibility index (Phi) is 6.16. The monoisotopic (exact) mass is 262 g/mol. The minimum absolute atomic E-state index is 0. The van der Waals surface area contributed by atoms with E-state index >= 15 is 0 Å². The van der Waals surface area contributed by atoms with Gasteiger partial charge in [0.15, 0.2) is 11.5 Å². The highest BCUT2D eigenvalue weighted by Crippen LogP contribution is 2.37. The molecule has 1 aromatic rings. The van der Waals surface area contributed by atoms with E-state index in [1.807, 2.05) is 0 Å². The Morgan fingerprint density at radius 1 is 1.12 bits per heavy atom. The Morgan fingerprint density at radius 3 is 1.88 bits per heavy atom. The van der Waals surface area contributed by atoms with Crippen LogP contribution in [0.4, 0.5) is 0 Å². The highest BCUT2D eigenvalue weighted by Gasteiger charge is 2.16. The van der Waals surface area contributed by atoms with Gasteiger partial charge in [0, 0.05) is 0 Å². The fourth-order valence-electron chi connectivity index (χ4n) is 1.31. The van der Waals surface area contributed by atoms with E-state index in [4.69, 9.17) is 14.2 Å². The second-order valence-electron chi connectivity index (χ2n) is 2.92. The van der Waals surface area contributed by atoms with E-state index in [-0.39, 0.29) is 18.3 Å². The van der Waals surface area contributed by atoms with Gasteiger partial charge in [0.1, 0.15) is 0 Å². The molecule has 0 fully saturated rings. The number of carbonyl (C=O) groups excluding carboxylic acids is 1. The van der Waals surface area contributed by atoms with Gasteiger partial charge in [-0.05, 0) is 12.1 Å². The molecule has 0 heterocycles. The highest BCUT2D eigenvalue weighted by atomic mass is 35.5. The van der Waals surface area contributed by atoms with Crippen molar-refractivity contribution in [3.63, 3.8) is 0 Å². The van der Waals surface area contributed by atoms with E-state index in [0.29, 0.717) is 22.8 Å². The van der Waals surface area contributed by atoms with Gasteiger partial charge >= 0.3 is 0 Å². The summed E-state index contributed by atoms with van der Waals surface area (Å²) in [6.07, 6.45) is 0. The normalized spacial score (nSPS) is 8.94. The third kappa shape index (κ3) is 3.15. The average molecular weight is 263 g/mol. The van der Waals surface area contributed by atoms with Crippen molar-refractivity contribution in [1.29, 1.82) is 0 Å². The van der Waals surface area contributed by atoms with Crippen molar-refractivity contribution in [2.75, 3.05) is 21.3 Å². The van der Waals surface area contributed by atoms with Crippen molar-refractivity contribution in [3.8, 4) is 17.2 Å². The molecule has 0 bridgehead atoms. The van der Waals surface area contributed by atoms with Crippen LogP contribution >= 0.6 is 0 Å². The fraction of sp³-hybridized carbons (Fsp3) is 0.300. The molecule has 0 aliphatic heterocycles. The van der Waals surface area contributed by atoms with Gasteiger partial charge in [-0.15, -0.1) is 0 Å². The van der Waals surface area contributed by atoms with Crippen LogP contribution in [-0.4, -0.2) is 27.2 Å². The number of rotatable bonds is 4. The Labute approximate surface area is 105 Å². The predicted molar refractivity (Wildman–Crippen MR) is 56.5 cm³/mol. The van der Waals surface area contributed by atoms with Crippen molar-refractivity contribution in [1.82, 2.24) is 5.43 Å². The first-order valence-corrected chi connectivity index (χ1v) is 4.55. The number of ether oxygens (including phenoxy) is 3. The predicted octanol–water partition coefficient (Wildman–Crippen LogP) is -3.40. The third-order valence-electron chi connectivity index (χ3n) is 2.09. The summed E-state index contributed by atoms with van der Waals surface area (Å²) in [4.78, 5) is 11.4. The van der Waals surface area contributed by atoms with E-state index in [0.717, 1.165) is 0 Å². The lowest BCUT2D eigenvalue weighted by Gasteiger charge is -2.13. The molecule has 6 nitrogen and oxygen atoms in total. The number of halogens is 1. The SMILES string of the molecule is COc1cc(C(=O)N[NH3+])cc(OC)c1OC.[Cl-]. The zero-order valence-electron chi connectivity index (χ0n) is 9.87. The molecule has 0 aromatic heterocycles. The maximum Gasteiger partial charge on any atom is 0.296 e. The maximum atomic E-state index is 11.4. The lowest BCUT2D eigenvalue weighted by Crippen LogP contribution is -3.00. The summed E-state index contributed by atoms with van der Waals surface area (Å²) in [5.41, 5.74) is 2.67. The third-order valence-corrected chi connectivity index (χ3v) is 2.09. The number of hydrogen-bond donors (Lipinski definition) is 2. The molecule has 0 spiro atoms. The zero-order chi connectivity index (χ0) is 12.1. The fourth-order valence-corrected chi connectivity index (χ4v) is 1.31. The van der Waals surface area contributed by atoms with E-state index in [9.17, 15) is 4.79 Å². The Hall–Kier alpha value is -1.66. The number of nitrogens with one attached hydrogen (secondary N) is 1. The minimum Gasteiger partial charge on any atom is -1.00 e. The van der Waals surface area contributed by atoms with Crippen LogP contribution in [0, 0.1) is 0 Å². The quantitative estimate of drug-likeness (QED) is 0.554. The van der Waals surface area contributed by atoms with Gasteiger partial charge in [-0.25, -0.2) is 5.43 Å². The first-order chi connectivity index (χ1) is 7.67. The number of carbonyl (C=O) groups is 1. The number of benzene rings is 1. The summed E-state index contributed by atoms with van der Waals surface area (Å²) in [5.74, 6) is 4.29. The molecule has 0 atom stereocenters. The van der Waals surface area contributed by atoms with Crippen LogP contribution in [0.25, 0.3) is 0 Å². The smallest absolute Gasteiger partial charge is 0.296 e. The van der Waals surface area contributed by atoms with Crippen LogP contribution in [0.3, 0.4) is 0 Å². The topological polar surface area (TPSA) is 84.4 Å². The molecule has 1 amide bonds. The van der Waals surface area contributed by atoms with E-state index < -0.39 is 0 Å². The summed E-state index contributed by atoms with van der Waals surface area (Å²) >= 11 is 0. The Balaban J connectivity index is 0.00000256. The summed E-state index contributed by atoms with van der Waals surface area (Å²) in [6, 6.07) is 3.11. The molecular weight excluding hydrogens is 248 g/mol. The first-order valence-electron chi connectivity index (χ1n) is 4.55. The molecule has 4 N–H and O–H groups in total. The van der Waals surface area contributed by atoms with Crippen LogP contribution < -0.4 is 37.9 Å². The molecule has 1 aromatic carbocycles. The van der Waals surface area contributed by atoms with Gasteiger partial charge in [-0.1, -0.05) is 0 Å². The van der Waals surface area contributed by atoms with Crippen molar-refractivity contribution in [2.24, 2.45) is 0 Å². The number of hydrogen-bond acceptors (Lipinski definition) is 4. The minimum atomic E-state index is -0.320. The molecule has 0 aliphatic rings. The molecular formula is C10H15ClN2O4. The Morgan fingerprint density at radius 2 is 1.59 bits per heavy atom. The largest absolute Gasteiger partial charge is 1.00 e. The molecule has 0 aliphatic carbocycles. The maximum absolute atomic E-state index is 11.4. The summed E-state index contributed by atoms with van der Waals surface area (Å²) in [7, 11) is 4.48. The molecule has 0 unspecified atom stereocenters. The van der Waals surface area contributed by atoms with E-state index in [1.54, 1.807) is 12.1 Å². The van der Waals surface area contributed by atoms with Gasteiger partial charge in [-0.2, -0.15) is 0 Å². The van der Waals surface area contributed by atoms with Gasteiger partial charge in [0.25, 0.3) is 5.91 Å². The van der Waals surface area contributed by atoms with Crippen molar-refractivity contribution in [3.05, 3.63) is 17.7 Å². The van der Waals surface area contributed by atoms with E-state index in [2.05, 4.69) is 11.3 Å². The van der Waals surface area contributed by atoms with Crippen molar-refractivity contribution >= 4 is 5.91 Å². The van der Waals surface area contributed by atoms with Gasteiger partial charge in [-0.3, -0.25) is 10.6 Å². The van der Waals surface area contributed by atoms with Gasteiger partial charge in [0.2, 0.25) is 5.75 Å². The molecule has 0 saturated heterocycles. The first kappa shape index (κ1) is 15.3.